The maximum atomic E-state index is 12.3. The minimum atomic E-state index is -0.125. The smallest absolute Gasteiger partial charge is 0.259 e. The number of fused-ring (bicyclic) bond motifs is 1. The Morgan fingerprint density at radius 2 is 1.89 bits per heavy atom. The number of benzene rings is 2. The first-order valence-corrected chi connectivity index (χ1v) is 10.0. The van der Waals surface area contributed by atoms with Crippen LogP contribution in [0.1, 0.15) is 20.3 Å². The van der Waals surface area contributed by atoms with Crippen molar-refractivity contribution in [3.05, 3.63) is 58.9 Å². The number of hydrogen-bond donors (Lipinski definition) is 1. The van der Waals surface area contributed by atoms with E-state index < -0.39 is 0 Å². The van der Waals surface area contributed by atoms with E-state index in [-0.39, 0.29) is 5.56 Å². The van der Waals surface area contributed by atoms with E-state index in [4.69, 9.17) is 4.74 Å². The summed E-state index contributed by atoms with van der Waals surface area (Å²) < 4.78 is 6.00. The second-order valence-electron chi connectivity index (χ2n) is 8.01. The third-order valence-electron chi connectivity index (χ3n) is 5.34. The van der Waals surface area contributed by atoms with E-state index in [1.807, 2.05) is 42.5 Å². The molecule has 0 amide bonds. The average Bonchev–Trinajstić information content (AvgIpc) is 2.67. The fourth-order valence-electron chi connectivity index (χ4n) is 4.22. The second-order valence-corrected chi connectivity index (χ2v) is 8.01. The van der Waals surface area contributed by atoms with E-state index >= 15 is 0 Å². The summed E-state index contributed by atoms with van der Waals surface area (Å²) in [4.78, 5) is 22.3. The first-order chi connectivity index (χ1) is 13.6. The van der Waals surface area contributed by atoms with Crippen molar-refractivity contribution in [3.8, 4) is 17.1 Å². The van der Waals surface area contributed by atoms with Crippen LogP contribution in [0, 0.1) is 11.8 Å². The summed E-state index contributed by atoms with van der Waals surface area (Å²) in [5.41, 5.74) is 1.42. The molecule has 0 spiro atoms. The summed E-state index contributed by atoms with van der Waals surface area (Å²) in [6.45, 7) is 8.54. The summed E-state index contributed by atoms with van der Waals surface area (Å²) >= 11 is 0. The fourth-order valence-corrected chi connectivity index (χ4v) is 4.22. The molecule has 1 fully saturated rings. The van der Waals surface area contributed by atoms with Crippen LogP contribution < -0.4 is 10.3 Å². The Balaban J connectivity index is 1.45. The van der Waals surface area contributed by atoms with Gasteiger partial charge in [-0.3, -0.25) is 9.69 Å². The average molecular weight is 377 g/mol. The molecule has 2 atom stereocenters. The van der Waals surface area contributed by atoms with Gasteiger partial charge in [-0.2, -0.15) is 0 Å². The Hall–Kier alpha value is -2.66. The summed E-state index contributed by atoms with van der Waals surface area (Å²) in [5.74, 6) is 2.87. The number of rotatable bonds is 5. The molecule has 146 valence electrons. The number of para-hydroxylation sites is 1. The van der Waals surface area contributed by atoms with Crippen molar-refractivity contribution in [2.24, 2.45) is 11.8 Å². The number of nitrogens with zero attached hydrogens (tertiary/aromatic N) is 2. The van der Waals surface area contributed by atoms with Crippen LogP contribution in [0.3, 0.4) is 0 Å². The van der Waals surface area contributed by atoms with Crippen LogP contribution >= 0.6 is 0 Å². The molecule has 2 heterocycles. The number of aromatic nitrogens is 2. The van der Waals surface area contributed by atoms with Gasteiger partial charge in [0.05, 0.1) is 10.9 Å². The van der Waals surface area contributed by atoms with Gasteiger partial charge < -0.3 is 9.72 Å². The highest BCUT2D eigenvalue weighted by atomic mass is 16.5. The van der Waals surface area contributed by atoms with Crippen LogP contribution in [0.15, 0.2) is 53.3 Å². The molecule has 1 aliphatic rings. The van der Waals surface area contributed by atoms with Gasteiger partial charge in [-0.25, -0.2) is 4.98 Å². The Bertz CT molecular complexity index is 1000. The number of nitrogens with one attached hydrogen (secondary N) is 1. The lowest BCUT2D eigenvalue weighted by atomic mass is 9.92. The molecule has 0 radical (unpaired) electrons. The van der Waals surface area contributed by atoms with Crippen LogP contribution in [0.25, 0.3) is 22.3 Å². The molecule has 0 saturated carbocycles. The van der Waals surface area contributed by atoms with E-state index in [0.717, 1.165) is 42.8 Å². The third kappa shape index (κ3) is 4.25. The highest BCUT2D eigenvalue weighted by molar-refractivity contribution is 5.79. The summed E-state index contributed by atoms with van der Waals surface area (Å²) in [5, 5.41) is 0.601. The molecule has 5 heteroatoms. The number of hydrogen-bond acceptors (Lipinski definition) is 4. The third-order valence-corrected chi connectivity index (χ3v) is 5.34. The lowest BCUT2D eigenvalue weighted by molar-refractivity contribution is 0.120. The topological polar surface area (TPSA) is 58.2 Å². The van der Waals surface area contributed by atoms with Gasteiger partial charge in [0.2, 0.25) is 0 Å². The fraction of sp³-hybridized carbons (Fsp3) is 0.391. The molecule has 1 aliphatic heterocycles. The zero-order chi connectivity index (χ0) is 19.5. The number of ether oxygens (including phenoxy) is 1. The van der Waals surface area contributed by atoms with Crippen molar-refractivity contribution in [2.75, 3.05) is 26.2 Å². The van der Waals surface area contributed by atoms with E-state index in [1.165, 1.54) is 6.42 Å². The Morgan fingerprint density at radius 1 is 1.11 bits per heavy atom. The van der Waals surface area contributed by atoms with Gasteiger partial charge >= 0.3 is 0 Å². The normalized spacial score (nSPS) is 20.4. The van der Waals surface area contributed by atoms with Crippen molar-refractivity contribution in [1.82, 2.24) is 14.9 Å². The van der Waals surface area contributed by atoms with E-state index in [2.05, 4.69) is 28.7 Å². The maximum Gasteiger partial charge on any atom is 0.259 e. The standard InChI is InChI=1S/C23H27N3O2/c1-16-12-17(2)15-26(14-16)10-11-28-19-7-5-6-18(13-19)22-24-21-9-4-3-8-20(21)23(27)25-22/h3-9,13,16-17H,10-12,14-15H2,1-2H3,(H,24,25,27). The van der Waals surface area contributed by atoms with Crippen molar-refractivity contribution >= 4 is 10.9 Å². The zero-order valence-electron chi connectivity index (χ0n) is 16.5. The molecule has 1 saturated heterocycles. The molecule has 28 heavy (non-hydrogen) atoms. The van der Waals surface area contributed by atoms with Gasteiger partial charge in [0.25, 0.3) is 5.56 Å². The van der Waals surface area contributed by atoms with Crippen molar-refractivity contribution in [1.29, 1.82) is 0 Å². The van der Waals surface area contributed by atoms with Gasteiger partial charge in [0.15, 0.2) is 0 Å². The summed E-state index contributed by atoms with van der Waals surface area (Å²) in [6, 6.07) is 15.1. The first-order valence-electron chi connectivity index (χ1n) is 10.0. The Morgan fingerprint density at radius 3 is 2.71 bits per heavy atom. The molecule has 2 aromatic carbocycles. The van der Waals surface area contributed by atoms with Gasteiger partial charge in [-0.15, -0.1) is 0 Å². The SMILES string of the molecule is CC1CC(C)CN(CCOc2cccc(-c3nc4ccccc4c(=O)[nH]3)c2)C1. The molecule has 5 nitrogen and oxygen atoms in total. The monoisotopic (exact) mass is 377 g/mol. The zero-order valence-corrected chi connectivity index (χ0v) is 16.5. The number of aromatic amines is 1. The quantitative estimate of drug-likeness (QED) is 0.731. The molecule has 1 aromatic heterocycles. The minimum absolute atomic E-state index is 0.125. The number of H-pyrrole nitrogens is 1. The van der Waals surface area contributed by atoms with Gasteiger partial charge in [0, 0.05) is 25.2 Å². The molecule has 0 bridgehead atoms. The van der Waals surface area contributed by atoms with E-state index in [0.29, 0.717) is 23.3 Å². The minimum Gasteiger partial charge on any atom is -0.492 e. The highest BCUT2D eigenvalue weighted by Gasteiger charge is 2.21. The van der Waals surface area contributed by atoms with Crippen molar-refractivity contribution < 1.29 is 4.74 Å². The van der Waals surface area contributed by atoms with Gasteiger partial charge in [-0.1, -0.05) is 38.1 Å². The number of piperidine rings is 1. The predicted octanol–water partition coefficient (Wildman–Crippen LogP) is 3.95. The van der Waals surface area contributed by atoms with E-state index in [1.54, 1.807) is 6.07 Å². The van der Waals surface area contributed by atoms with Crippen LogP contribution in [0.5, 0.6) is 5.75 Å². The van der Waals surface area contributed by atoms with Gasteiger partial charge in [-0.05, 0) is 42.5 Å². The molecule has 4 rings (SSSR count). The van der Waals surface area contributed by atoms with Crippen LogP contribution in [0.4, 0.5) is 0 Å². The van der Waals surface area contributed by atoms with Crippen LogP contribution in [-0.2, 0) is 0 Å². The van der Waals surface area contributed by atoms with Crippen LogP contribution in [-0.4, -0.2) is 41.1 Å². The van der Waals surface area contributed by atoms with Crippen molar-refractivity contribution in [3.63, 3.8) is 0 Å². The highest BCUT2D eigenvalue weighted by Crippen LogP contribution is 2.23. The molecule has 0 aliphatic carbocycles. The first kappa shape index (κ1) is 18.7. The molecule has 1 N–H and O–H groups in total. The molecular formula is C23H27N3O2. The maximum absolute atomic E-state index is 12.3. The van der Waals surface area contributed by atoms with Crippen LogP contribution in [0.2, 0.25) is 0 Å². The lowest BCUT2D eigenvalue weighted by Gasteiger charge is -2.34. The summed E-state index contributed by atoms with van der Waals surface area (Å²) in [6.07, 6.45) is 1.32. The molecule has 3 aromatic rings. The lowest BCUT2D eigenvalue weighted by Crippen LogP contribution is -2.40. The number of likely N-dealkylation sites (tertiary alicyclic amines) is 1. The van der Waals surface area contributed by atoms with Gasteiger partial charge in [0.1, 0.15) is 18.2 Å². The Kier molecular flexibility index (Phi) is 5.44. The molecule has 2 unspecified atom stereocenters. The van der Waals surface area contributed by atoms with Crippen molar-refractivity contribution in [2.45, 2.75) is 20.3 Å². The second kappa shape index (κ2) is 8.15. The predicted molar refractivity (Wildman–Crippen MR) is 113 cm³/mol. The Labute approximate surface area is 165 Å². The largest absolute Gasteiger partial charge is 0.492 e. The van der Waals surface area contributed by atoms with E-state index in [9.17, 15) is 4.79 Å². The summed E-state index contributed by atoms with van der Waals surface area (Å²) in [7, 11) is 0. The molecular weight excluding hydrogens is 350 g/mol.